The third-order valence-electron chi connectivity index (χ3n) is 3.18. The molecule has 1 heterocycles. The van der Waals surface area contributed by atoms with Gasteiger partial charge in [0, 0.05) is 5.69 Å². The minimum Gasteiger partial charge on any atom is -0.346 e. The van der Waals surface area contributed by atoms with Crippen molar-refractivity contribution in [1.29, 1.82) is 0 Å². The lowest BCUT2D eigenvalue weighted by atomic mass is 10.0. The Balaban J connectivity index is 1.74. The number of hydrogen-bond donors (Lipinski definition) is 3. The lowest BCUT2D eigenvalue weighted by Crippen LogP contribution is -2.48. The van der Waals surface area contributed by atoms with Gasteiger partial charge >= 0.3 is 0 Å². The van der Waals surface area contributed by atoms with Crippen LogP contribution in [-0.2, 0) is 9.59 Å². The lowest BCUT2D eigenvalue weighted by Gasteiger charge is -2.22. The van der Waals surface area contributed by atoms with Crippen LogP contribution in [0.2, 0.25) is 0 Å². The van der Waals surface area contributed by atoms with E-state index < -0.39 is 0 Å². The molecular formula is C14H18FN3O2. The van der Waals surface area contributed by atoms with Gasteiger partial charge in [0.25, 0.3) is 0 Å². The topological polar surface area (TPSA) is 70.2 Å². The van der Waals surface area contributed by atoms with Crippen molar-refractivity contribution in [3.05, 3.63) is 30.1 Å². The van der Waals surface area contributed by atoms with Crippen molar-refractivity contribution >= 4 is 17.5 Å². The maximum Gasteiger partial charge on any atom is 0.243 e. The number of carbonyl (C=O) groups excluding carboxylic acids is 2. The second-order valence-corrected chi connectivity index (χ2v) is 4.78. The molecule has 1 unspecified atom stereocenters. The van der Waals surface area contributed by atoms with Gasteiger partial charge in [-0.3, -0.25) is 9.59 Å². The van der Waals surface area contributed by atoms with E-state index in [1.165, 1.54) is 24.3 Å². The zero-order valence-electron chi connectivity index (χ0n) is 11.1. The summed E-state index contributed by atoms with van der Waals surface area (Å²) in [5, 5.41) is 8.30. The molecule has 5 nitrogen and oxygen atoms in total. The minimum atomic E-state index is -0.361. The SMILES string of the molecule is O=C(CNC(=O)C1CCCCN1)Nc1ccc(F)cc1. The Hall–Kier alpha value is -1.95. The number of carbonyl (C=O) groups is 2. The van der Waals surface area contributed by atoms with Crippen LogP contribution in [-0.4, -0.2) is 30.9 Å². The van der Waals surface area contributed by atoms with Gasteiger partial charge in [-0.1, -0.05) is 6.42 Å². The molecule has 0 saturated carbocycles. The van der Waals surface area contributed by atoms with Gasteiger partial charge in [0.2, 0.25) is 11.8 Å². The number of piperidine rings is 1. The van der Waals surface area contributed by atoms with Crippen LogP contribution in [0.5, 0.6) is 0 Å². The van der Waals surface area contributed by atoms with Gasteiger partial charge in [-0.2, -0.15) is 0 Å². The highest BCUT2D eigenvalue weighted by Gasteiger charge is 2.20. The van der Waals surface area contributed by atoms with E-state index in [0.717, 1.165) is 25.8 Å². The number of anilines is 1. The Morgan fingerprint density at radius 1 is 1.25 bits per heavy atom. The molecule has 1 atom stereocenters. The molecule has 6 heteroatoms. The second kappa shape index (κ2) is 7.00. The van der Waals surface area contributed by atoms with Crippen LogP contribution < -0.4 is 16.0 Å². The van der Waals surface area contributed by atoms with E-state index in [0.29, 0.717) is 5.69 Å². The van der Waals surface area contributed by atoms with Gasteiger partial charge < -0.3 is 16.0 Å². The largest absolute Gasteiger partial charge is 0.346 e. The van der Waals surface area contributed by atoms with E-state index >= 15 is 0 Å². The van der Waals surface area contributed by atoms with E-state index in [9.17, 15) is 14.0 Å². The van der Waals surface area contributed by atoms with Crippen LogP contribution in [0, 0.1) is 5.82 Å². The van der Waals surface area contributed by atoms with Gasteiger partial charge in [-0.25, -0.2) is 4.39 Å². The summed E-state index contributed by atoms with van der Waals surface area (Å²) < 4.78 is 12.7. The summed E-state index contributed by atoms with van der Waals surface area (Å²) in [6.07, 6.45) is 2.90. The molecular weight excluding hydrogens is 261 g/mol. The highest BCUT2D eigenvalue weighted by Crippen LogP contribution is 2.08. The maximum absolute atomic E-state index is 12.7. The first-order chi connectivity index (χ1) is 9.65. The lowest BCUT2D eigenvalue weighted by molar-refractivity contribution is -0.126. The second-order valence-electron chi connectivity index (χ2n) is 4.78. The summed E-state index contributed by atoms with van der Waals surface area (Å²) in [6.45, 7) is 0.744. The summed E-state index contributed by atoms with van der Waals surface area (Å²) >= 11 is 0. The zero-order valence-corrected chi connectivity index (χ0v) is 11.1. The molecule has 0 aromatic heterocycles. The normalized spacial score (nSPS) is 18.4. The first-order valence-corrected chi connectivity index (χ1v) is 6.71. The van der Waals surface area contributed by atoms with E-state index in [2.05, 4.69) is 16.0 Å². The summed E-state index contributed by atoms with van der Waals surface area (Å²) in [4.78, 5) is 23.4. The first-order valence-electron chi connectivity index (χ1n) is 6.71. The average molecular weight is 279 g/mol. The molecule has 1 aromatic carbocycles. The molecule has 20 heavy (non-hydrogen) atoms. The van der Waals surface area contributed by atoms with Gasteiger partial charge in [-0.05, 0) is 43.7 Å². The number of rotatable bonds is 4. The summed E-state index contributed by atoms with van der Waals surface area (Å²) in [7, 11) is 0. The molecule has 0 radical (unpaired) electrons. The quantitative estimate of drug-likeness (QED) is 0.771. The average Bonchev–Trinajstić information content (AvgIpc) is 2.48. The molecule has 1 aromatic rings. The highest BCUT2D eigenvalue weighted by atomic mass is 19.1. The van der Waals surface area contributed by atoms with Crippen molar-refractivity contribution in [2.45, 2.75) is 25.3 Å². The van der Waals surface area contributed by atoms with Crippen molar-refractivity contribution in [2.75, 3.05) is 18.4 Å². The molecule has 1 saturated heterocycles. The zero-order chi connectivity index (χ0) is 14.4. The van der Waals surface area contributed by atoms with Crippen molar-refractivity contribution < 1.29 is 14.0 Å². The molecule has 1 aliphatic rings. The monoisotopic (exact) mass is 279 g/mol. The van der Waals surface area contributed by atoms with E-state index in [1.54, 1.807) is 0 Å². The van der Waals surface area contributed by atoms with Crippen LogP contribution in [0.15, 0.2) is 24.3 Å². The van der Waals surface area contributed by atoms with Crippen molar-refractivity contribution in [2.24, 2.45) is 0 Å². The van der Waals surface area contributed by atoms with Crippen LogP contribution in [0.4, 0.5) is 10.1 Å². The number of benzene rings is 1. The van der Waals surface area contributed by atoms with Gasteiger partial charge in [0.05, 0.1) is 12.6 Å². The summed E-state index contributed by atoms with van der Waals surface area (Å²) in [5.41, 5.74) is 0.501. The third kappa shape index (κ3) is 4.31. The fourth-order valence-electron chi connectivity index (χ4n) is 2.10. The number of halogens is 1. The predicted molar refractivity (Wildman–Crippen MR) is 73.7 cm³/mol. The standard InChI is InChI=1S/C14H18FN3O2/c15-10-4-6-11(7-5-10)18-13(19)9-17-14(20)12-3-1-2-8-16-12/h4-7,12,16H,1-3,8-9H2,(H,17,20)(H,18,19). The molecule has 1 fully saturated rings. The minimum absolute atomic E-state index is 0.0889. The van der Waals surface area contributed by atoms with Gasteiger partial charge in [0.15, 0.2) is 0 Å². The molecule has 0 aliphatic carbocycles. The van der Waals surface area contributed by atoms with Crippen LogP contribution in [0.3, 0.4) is 0 Å². The Labute approximate surface area is 116 Å². The molecule has 2 rings (SSSR count). The highest BCUT2D eigenvalue weighted by molar-refractivity contribution is 5.95. The smallest absolute Gasteiger partial charge is 0.243 e. The van der Waals surface area contributed by atoms with Crippen molar-refractivity contribution in [3.63, 3.8) is 0 Å². The third-order valence-corrected chi connectivity index (χ3v) is 3.18. The maximum atomic E-state index is 12.7. The Kier molecular flexibility index (Phi) is 5.06. The van der Waals surface area contributed by atoms with Crippen LogP contribution in [0.1, 0.15) is 19.3 Å². The number of amides is 2. The summed E-state index contributed by atoms with van der Waals surface area (Å²) in [5.74, 6) is -0.848. The first kappa shape index (κ1) is 14.5. The predicted octanol–water partition coefficient (Wildman–Crippen LogP) is 1.02. The fraction of sp³-hybridized carbons (Fsp3) is 0.429. The van der Waals surface area contributed by atoms with E-state index in [-0.39, 0.29) is 30.2 Å². The van der Waals surface area contributed by atoms with E-state index in [1.807, 2.05) is 0 Å². The number of hydrogen-bond acceptors (Lipinski definition) is 3. The molecule has 108 valence electrons. The summed E-state index contributed by atoms with van der Waals surface area (Å²) in [6, 6.07) is 5.26. The number of nitrogens with one attached hydrogen (secondary N) is 3. The van der Waals surface area contributed by atoms with Gasteiger partial charge in [0.1, 0.15) is 5.82 Å². The van der Waals surface area contributed by atoms with Crippen molar-refractivity contribution in [1.82, 2.24) is 10.6 Å². The molecule has 0 spiro atoms. The van der Waals surface area contributed by atoms with Crippen molar-refractivity contribution in [3.8, 4) is 0 Å². The van der Waals surface area contributed by atoms with Crippen LogP contribution >= 0.6 is 0 Å². The Bertz CT molecular complexity index is 470. The Morgan fingerprint density at radius 3 is 2.65 bits per heavy atom. The molecule has 3 N–H and O–H groups in total. The molecule has 2 amide bonds. The molecule has 1 aliphatic heterocycles. The van der Waals surface area contributed by atoms with Gasteiger partial charge in [-0.15, -0.1) is 0 Å². The molecule has 0 bridgehead atoms. The van der Waals surface area contributed by atoms with E-state index in [4.69, 9.17) is 0 Å². The fourth-order valence-corrected chi connectivity index (χ4v) is 2.10. The Morgan fingerprint density at radius 2 is 2.00 bits per heavy atom. The van der Waals surface area contributed by atoms with Crippen LogP contribution in [0.25, 0.3) is 0 Å².